The van der Waals surface area contributed by atoms with E-state index < -0.39 is 0 Å². The fraction of sp³-hybridized carbons (Fsp3) is 0.400. The zero-order valence-corrected chi connectivity index (χ0v) is 15.2. The van der Waals surface area contributed by atoms with Crippen molar-refractivity contribution in [2.45, 2.75) is 19.8 Å². The Labute approximate surface area is 149 Å². The van der Waals surface area contributed by atoms with E-state index in [1.165, 1.54) is 5.56 Å². The number of aromatic nitrogens is 1. The number of carbonyl (C=O) groups excluding carboxylic acids is 1. The van der Waals surface area contributed by atoms with Gasteiger partial charge in [0, 0.05) is 31.9 Å². The van der Waals surface area contributed by atoms with Crippen LogP contribution in [-0.2, 0) is 0 Å². The normalized spacial score (nSPS) is 15.4. The summed E-state index contributed by atoms with van der Waals surface area (Å²) in [6, 6.07) is 11.7. The average molecular weight is 338 g/mol. The Morgan fingerprint density at radius 3 is 2.28 bits per heavy atom. The quantitative estimate of drug-likeness (QED) is 0.930. The molecule has 0 atom stereocenters. The second kappa shape index (κ2) is 7.66. The van der Waals surface area contributed by atoms with Crippen LogP contribution in [0.15, 0.2) is 42.6 Å². The molecule has 0 spiro atoms. The smallest absolute Gasteiger partial charge is 0.274 e. The van der Waals surface area contributed by atoms with Crippen LogP contribution in [0.25, 0.3) is 0 Å². The Morgan fingerprint density at radius 1 is 1.04 bits per heavy atom. The van der Waals surface area contributed by atoms with Crippen molar-refractivity contribution >= 4 is 17.3 Å². The maximum atomic E-state index is 12.4. The predicted octanol–water partition coefficient (Wildman–Crippen LogP) is 3.21. The van der Waals surface area contributed by atoms with E-state index in [1.54, 1.807) is 12.3 Å². The molecule has 1 saturated heterocycles. The first-order valence-corrected chi connectivity index (χ1v) is 8.84. The van der Waals surface area contributed by atoms with Crippen LogP contribution in [0.1, 0.15) is 35.8 Å². The molecular formula is C20H26N4O. The van der Waals surface area contributed by atoms with Gasteiger partial charge in [-0.1, -0.05) is 26.0 Å². The first-order valence-electron chi connectivity index (χ1n) is 8.84. The number of benzene rings is 1. The lowest BCUT2D eigenvalue weighted by Gasteiger charge is -2.33. The highest BCUT2D eigenvalue weighted by Gasteiger charge is 2.15. The monoisotopic (exact) mass is 338 g/mol. The minimum Gasteiger partial charge on any atom is -0.368 e. The highest BCUT2D eigenvalue weighted by atomic mass is 16.1. The molecule has 0 unspecified atom stereocenters. The summed E-state index contributed by atoms with van der Waals surface area (Å²) >= 11 is 0. The van der Waals surface area contributed by atoms with Crippen LogP contribution >= 0.6 is 0 Å². The van der Waals surface area contributed by atoms with Gasteiger partial charge in [-0.3, -0.25) is 4.79 Å². The molecule has 132 valence electrons. The van der Waals surface area contributed by atoms with Gasteiger partial charge in [-0.05, 0) is 42.8 Å². The third kappa shape index (κ3) is 4.37. The Balaban J connectivity index is 1.62. The fourth-order valence-electron chi connectivity index (χ4n) is 2.92. The van der Waals surface area contributed by atoms with Gasteiger partial charge in [0.2, 0.25) is 0 Å². The highest BCUT2D eigenvalue weighted by molar-refractivity contribution is 6.02. The molecule has 1 amide bonds. The van der Waals surface area contributed by atoms with Crippen molar-refractivity contribution in [2.24, 2.45) is 0 Å². The molecule has 1 fully saturated rings. The second-order valence-corrected chi connectivity index (χ2v) is 6.92. The van der Waals surface area contributed by atoms with E-state index in [0.29, 0.717) is 11.6 Å². The first kappa shape index (κ1) is 17.4. The second-order valence-electron chi connectivity index (χ2n) is 6.92. The molecule has 1 aromatic heterocycles. The Morgan fingerprint density at radius 2 is 1.72 bits per heavy atom. The van der Waals surface area contributed by atoms with Crippen molar-refractivity contribution in [1.29, 1.82) is 0 Å². The van der Waals surface area contributed by atoms with E-state index in [1.807, 2.05) is 30.3 Å². The van der Waals surface area contributed by atoms with E-state index in [0.717, 1.165) is 37.6 Å². The van der Waals surface area contributed by atoms with Crippen LogP contribution in [0.2, 0.25) is 0 Å². The fourth-order valence-corrected chi connectivity index (χ4v) is 2.92. The van der Waals surface area contributed by atoms with Crippen molar-refractivity contribution in [3.63, 3.8) is 0 Å². The van der Waals surface area contributed by atoms with Gasteiger partial charge in [0.25, 0.3) is 5.91 Å². The van der Waals surface area contributed by atoms with Crippen molar-refractivity contribution in [3.8, 4) is 0 Å². The molecule has 2 aromatic rings. The first-order chi connectivity index (χ1) is 12.0. The standard InChI is InChI=1S/C20H26N4O/c1-15(2)16-4-6-17(7-5-16)22-20(25)19-9-8-18(14-21-19)24-12-10-23(3)11-13-24/h4-9,14-15H,10-13H2,1-3H3,(H,22,25). The van der Waals surface area contributed by atoms with E-state index in [-0.39, 0.29) is 5.91 Å². The zero-order chi connectivity index (χ0) is 17.8. The summed E-state index contributed by atoms with van der Waals surface area (Å²) in [5.41, 5.74) is 3.56. The number of anilines is 2. The third-order valence-electron chi connectivity index (χ3n) is 4.68. The van der Waals surface area contributed by atoms with E-state index in [9.17, 15) is 4.79 Å². The lowest BCUT2D eigenvalue weighted by Crippen LogP contribution is -2.44. The number of hydrogen-bond donors (Lipinski definition) is 1. The maximum absolute atomic E-state index is 12.4. The molecule has 1 aliphatic rings. The summed E-state index contributed by atoms with van der Waals surface area (Å²) in [4.78, 5) is 21.3. The molecule has 0 radical (unpaired) electrons. The minimum absolute atomic E-state index is 0.178. The van der Waals surface area contributed by atoms with Crippen molar-refractivity contribution in [2.75, 3.05) is 43.4 Å². The lowest BCUT2D eigenvalue weighted by molar-refractivity contribution is 0.102. The third-order valence-corrected chi connectivity index (χ3v) is 4.68. The number of nitrogens with one attached hydrogen (secondary N) is 1. The SMILES string of the molecule is CC(C)c1ccc(NC(=O)c2ccc(N3CCN(C)CC3)cn2)cc1. The molecule has 5 nitrogen and oxygen atoms in total. The molecule has 3 rings (SSSR count). The van der Waals surface area contributed by atoms with E-state index >= 15 is 0 Å². The molecule has 2 heterocycles. The van der Waals surface area contributed by atoms with E-state index in [2.05, 4.69) is 41.0 Å². The molecule has 25 heavy (non-hydrogen) atoms. The topological polar surface area (TPSA) is 48.5 Å². The summed E-state index contributed by atoms with van der Waals surface area (Å²) < 4.78 is 0. The van der Waals surface area contributed by atoms with Crippen LogP contribution in [0.3, 0.4) is 0 Å². The van der Waals surface area contributed by atoms with Crippen LogP contribution in [0.4, 0.5) is 11.4 Å². The summed E-state index contributed by atoms with van der Waals surface area (Å²) in [7, 11) is 2.14. The van der Waals surface area contributed by atoms with Gasteiger partial charge in [-0.2, -0.15) is 0 Å². The largest absolute Gasteiger partial charge is 0.368 e. The number of pyridine rings is 1. The van der Waals surface area contributed by atoms with Crippen LogP contribution in [-0.4, -0.2) is 49.0 Å². The van der Waals surface area contributed by atoms with Crippen LogP contribution in [0, 0.1) is 0 Å². The van der Waals surface area contributed by atoms with Crippen LogP contribution < -0.4 is 10.2 Å². The highest BCUT2D eigenvalue weighted by Crippen LogP contribution is 2.18. The molecule has 0 aliphatic carbocycles. The zero-order valence-electron chi connectivity index (χ0n) is 15.2. The molecule has 1 aliphatic heterocycles. The Hall–Kier alpha value is -2.40. The van der Waals surface area contributed by atoms with Gasteiger partial charge < -0.3 is 15.1 Å². The van der Waals surface area contributed by atoms with Crippen molar-refractivity contribution in [1.82, 2.24) is 9.88 Å². The van der Waals surface area contributed by atoms with Gasteiger partial charge in [-0.15, -0.1) is 0 Å². The van der Waals surface area contributed by atoms with Gasteiger partial charge in [0.1, 0.15) is 5.69 Å². The summed E-state index contributed by atoms with van der Waals surface area (Å²) in [5, 5.41) is 2.91. The number of rotatable bonds is 4. The number of piperazine rings is 1. The molecule has 5 heteroatoms. The van der Waals surface area contributed by atoms with Gasteiger partial charge in [0.05, 0.1) is 11.9 Å². The summed E-state index contributed by atoms with van der Waals surface area (Å²) in [6.07, 6.45) is 1.79. The maximum Gasteiger partial charge on any atom is 0.274 e. The van der Waals surface area contributed by atoms with Crippen molar-refractivity contribution in [3.05, 3.63) is 53.9 Å². The van der Waals surface area contributed by atoms with Crippen molar-refractivity contribution < 1.29 is 4.79 Å². The molecule has 1 aromatic carbocycles. The number of carbonyl (C=O) groups is 1. The Kier molecular flexibility index (Phi) is 5.34. The van der Waals surface area contributed by atoms with Crippen LogP contribution in [0.5, 0.6) is 0 Å². The Bertz CT molecular complexity index is 701. The van der Waals surface area contributed by atoms with Gasteiger partial charge in [0.15, 0.2) is 0 Å². The van der Waals surface area contributed by atoms with Gasteiger partial charge >= 0.3 is 0 Å². The average Bonchev–Trinajstić information content (AvgIpc) is 2.63. The summed E-state index contributed by atoms with van der Waals surface area (Å²) in [5.74, 6) is 0.302. The lowest BCUT2D eigenvalue weighted by atomic mass is 10.0. The number of hydrogen-bond acceptors (Lipinski definition) is 4. The number of amides is 1. The molecule has 0 saturated carbocycles. The van der Waals surface area contributed by atoms with E-state index in [4.69, 9.17) is 0 Å². The molecule has 1 N–H and O–H groups in total. The molecule has 0 bridgehead atoms. The molecular weight excluding hydrogens is 312 g/mol. The number of likely N-dealkylation sites (N-methyl/N-ethyl adjacent to an activating group) is 1. The van der Waals surface area contributed by atoms with Gasteiger partial charge in [-0.25, -0.2) is 4.98 Å². The minimum atomic E-state index is -0.178. The number of nitrogens with zero attached hydrogens (tertiary/aromatic N) is 3. The predicted molar refractivity (Wildman–Crippen MR) is 102 cm³/mol. The summed E-state index contributed by atoms with van der Waals surface area (Å²) in [6.45, 7) is 8.39.